The predicted molar refractivity (Wildman–Crippen MR) is 98.7 cm³/mol. The molecule has 2 N–H and O–H groups in total. The monoisotopic (exact) mass is 394 g/mol. The summed E-state index contributed by atoms with van der Waals surface area (Å²) in [4.78, 5) is 11.8. The number of sulfonamides is 1. The Morgan fingerprint density at radius 1 is 1.12 bits per heavy atom. The van der Waals surface area contributed by atoms with Crippen molar-refractivity contribution in [2.75, 3.05) is 13.1 Å². The molecule has 1 heterocycles. The molecule has 1 amide bonds. The zero-order chi connectivity index (χ0) is 18.7. The average molecular weight is 395 g/mol. The van der Waals surface area contributed by atoms with Crippen LogP contribution in [0.5, 0.6) is 5.75 Å². The minimum atomic E-state index is -3.63. The standard InChI is InChI=1S/C18H19ClN2O4S/c19-14-5-3-13(4-6-14)12-25-17-8-7-15(11-16(17)18(20)22)26(23,24)21-9-1-2-10-21/h3-8,11H,1-2,9-10,12H2,(H2,20,22). The number of carbonyl (C=O) groups is 1. The SMILES string of the molecule is NC(=O)c1cc(S(=O)(=O)N2CCCC2)ccc1OCc1ccc(Cl)cc1. The van der Waals surface area contributed by atoms with Gasteiger partial charge in [0.15, 0.2) is 0 Å². The normalized spacial score (nSPS) is 15.1. The number of nitrogens with zero attached hydrogens (tertiary/aromatic N) is 1. The topological polar surface area (TPSA) is 89.7 Å². The van der Waals surface area contributed by atoms with Gasteiger partial charge in [-0.2, -0.15) is 4.31 Å². The molecular formula is C18H19ClN2O4S. The number of halogens is 1. The first-order valence-corrected chi connectivity index (χ1v) is 10.0. The summed E-state index contributed by atoms with van der Waals surface area (Å²) in [5.41, 5.74) is 6.32. The Balaban J connectivity index is 1.85. The van der Waals surface area contributed by atoms with E-state index in [9.17, 15) is 13.2 Å². The molecule has 26 heavy (non-hydrogen) atoms. The van der Waals surface area contributed by atoms with Crippen molar-refractivity contribution < 1.29 is 17.9 Å². The minimum Gasteiger partial charge on any atom is -0.488 e. The van der Waals surface area contributed by atoms with Crippen LogP contribution in [0.1, 0.15) is 28.8 Å². The van der Waals surface area contributed by atoms with Gasteiger partial charge >= 0.3 is 0 Å². The highest BCUT2D eigenvalue weighted by atomic mass is 35.5. The summed E-state index contributed by atoms with van der Waals surface area (Å²) in [6.07, 6.45) is 1.67. The third-order valence-electron chi connectivity index (χ3n) is 4.23. The van der Waals surface area contributed by atoms with Crippen molar-refractivity contribution in [3.63, 3.8) is 0 Å². The molecule has 0 saturated carbocycles. The van der Waals surface area contributed by atoms with Gasteiger partial charge in [-0.1, -0.05) is 23.7 Å². The molecule has 2 aromatic rings. The lowest BCUT2D eigenvalue weighted by Gasteiger charge is -2.17. The summed E-state index contributed by atoms with van der Waals surface area (Å²) >= 11 is 5.85. The minimum absolute atomic E-state index is 0.0410. The third-order valence-corrected chi connectivity index (χ3v) is 6.37. The summed E-state index contributed by atoms with van der Waals surface area (Å²) in [5.74, 6) is -0.498. The molecule has 0 bridgehead atoms. The van der Waals surface area contributed by atoms with E-state index in [1.54, 1.807) is 24.3 Å². The first-order chi connectivity index (χ1) is 12.4. The van der Waals surface area contributed by atoms with Gasteiger partial charge in [0.25, 0.3) is 5.91 Å². The number of ether oxygens (including phenoxy) is 1. The van der Waals surface area contributed by atoms with Crippen molar-refractivity contribution in [3.8, 4) is 5.75 Å². The number of benzene rings is 2. The maximum Gasteiger partial charge on any atom is 0.252 e. The molecule has 0 aliphatic carbocycles. The van der Waals surface area contributed by atoms with Crippen LogP contribution in [0.3, 0.4) is 0 Å². The van der Waals surface area contributed by atoms with Crippen molar-refractivity contribution in [1.29, 1.82) is 0 Å². The Labute approximate surface area is 157 Å². The van der Waals surface area contributed by atoms with Gasteiger partial charge in [0.2, 0.25) is 10.0 Å². The maximum absolute atomic E-state index is 12.7. The summed E-state index contributed by atoms with van der Waals surface area (Å²) in [7, 11) is -3.63. The van der Waals surface area contributed by atoms with E-state index in [0.29, 0.717) is 18.1 Å². The smallest absolute Gasteiger partial charge is 0.252 e. The molecule has 0 aromatic heterocycles. The van der Waals surface area contributed by atoms with E-state index in [4.69, 9.17) is 22.1 Å². The van der Waals surface area contributed by atoms with E-state index in [-0.39, 0.29) is 22.8 Å². The second kappa shape index (κ2) is 7.65. The van der Waals surface area contributed by atoms with Crippen molar-refractivity contribution >= 4 is 27.5 Å². The molecule has 6 nitrogen and oxygen atoms in total. The van der Waals surface area contributed by atoms with Gasteiger partial charge in [0.05, 0.1) is 10.5 Å². The number of hydrogen-bond donors (Lipinski definition) is 1. The molecule has 138 valence electrons. The third kappa shape index (κ3) is 4.00. The van der Waals surface area contributed by atoms with Crippen molar-refractivity contribution in [3.05, 3.63) is 58.6 Å². The Morgan fingerprint density at radius 3 is 2.38 bits per heavy atom. The Morgan fingerprint density at radius 2 is 1.77 bits per heavy atom. The lowest BCUT2D eigenvalue weighted by Crippen LogP contribution is -2.28. The molecule has 0 radical (unpaired) electrons. The molecule has 3 rings (SSSR count). The van der Waals surface area contributed by atoms with Gasteiger partial charge in [-0.05, 0) is 48.7 Å². The Kier molecular flexibility index (Phi) is 5.50. The van der Waals surface area contributed by atoms with Crippen molar-refractivity contribution in [2.24, 2.45) is 5.73 Å². The Hall–Kier alpha value is -2.09. The van der Waals surface area contributed by atoms with Gasteiger partial charge in [-0.3, -0.25) is 4.79 Å². The summed E-state index contributed by atoms with van der Waals surface area (Å²) in [6.45, 7) is 1.18. The van der Waals surface area contributed by atoms with Crippen molar-refractivity contribution in [1.82, 2.24) is 4.31 Å². The molecule has 2 aromatic carbocycles. The summed E-state index contributed by atoms with van der Waals surface area (Å²) in [6, 6.07) is 11.3. The van der Waals surface area contributed by atoms with E-state index in [2.05, 4.69) is 0 Å². The fourth-order valence-electron chi connectivity index (χ4n) is 2.81. The number of primary amides is 1. The van der Waals surface area contributed by atoms with Crippen LogP contribution in [0.4, 0.5) is 0 Å². The molecular weight excluding hydrogens is 376 g/mol. The first-order valence-electron chi connectivity index (χ1n) is 8.19. The van der Waals surface area contributed by atoms with Crippen LogP contribution >= 0.6 is 11.6 Å². The number of amides is 1. The van der Waals surface area contributed by atoms with E-state index in [1.807, 2.05) is 0 Å². The molecule has 0 atom stereocenters. The number of rotatable bonds is 6. The van der Waals surface area contributed by atoms with Crippen LogP contribution in [-0.4, -0.2) is 31.7 Å². The van der Waals surface area contributed by atoms with Crippen LogP contribution in [0.25, 0.3) is 0 Å². The predicted octanol–water partition coefficient (Wildman–Crippen LogP) is 2.80. The zero-order valence-corrected chi connectivity index (χ0v) is 15.6. The largest absolute Gasteiger partial charge is 0.488 e. The average Bonchev–Trinajstić information content (AvgIpc) is 3.16. The second-order valence-corrected chi connectivity index (χ2v) is 8.42. The van der Waals surface area contributed by atoms with Gasteiger partial charge in [-0.25, -0.2) is 8.42 Å². The van der Waals surface area contributed by atoms with Crippen molar-refractivity contribution in [2.45, 2.75) is 24.3 Å². The summed E-state index contributed by atoms with van der Waals surface area (Å²) in [5, 5.41) is 0.614. The Bertz CT molecular complexity index is 907. The highest BCUT2D eigenvalue weighted by Gasteiger charge is 2.28. The lowest BCUT2D eigenvalue weighted by atomic mass is 10.2. The lowest BCUT2D eigenvalue weighted by molar-refractivity contribution is 0.0995. The van der Waals surface area contributed by atoms with E-state index in [1.165, 1.54) is 22.5 Å². The van der Waals surface area contributed by atoms with Crippen LogP contribution in [0.2, 0.25) is 5.02 Å². The van der Waals surface area contributed by atoms with Crippen LogP contribution in [-0.2, 0) is 16.6 Å². The van der Waals surface area contributed by atoms with Crippen LogP contribution in [0.15, 0.2) is 47.4 Å². The van der Waals surface area contributed by atoms with Gasteiger partial charge in [0, 0.05) is 18.1 Å². The fourth-order valence-corrected chi connectivity index (χ4v) is 4.48. The first kappa shape index (κ1) is 18.7. The highest BCUT2D eigenvalue weighted by Crippen LogP contribution is 2.27. The quantitative estimate of drug-likeness (QED) is 0.815. The molecule has 0 unspecified atom stereocenters. The van der Waals surface area contributed by atoms with Crippen LogP contribution in [0, 0.1) is 0 Å². The number of carbonyl (C=O) groups excluding carboxylic acids is 1. The number of nitrogens with two attached hydrogens (primary N) is 1. The molecule has 1 saturated heterocycles. The maximum atomic E-state index is 12.7. The van der Waals surface area contributed by atoms with E-state index >= 15 is 0 Å². The summed E-state index contributed by atoms with van der Waals surface area (Å²) < 4.78 is 32.4. The van der Waals surface area contributed by atoms with E-state index in [0.717, 1.165) is 18.4 Å². The molecule has 1 aliphatic heterocycles. The molecule has 1 aliphatic rings. The zero-order valence-electron chi connectivity index (χ0n) is 14.0. The van der Waals surface area contributed by atoms with Gasteiger partial charge in [0.1, 0.15) is 12.4 Å². The number of hydrogen-bond acceptors (Lipinski definition) is 4. The molecule has 1 fully saturated rings. The fraction of sp³-hybridized carbons (Fsp3) is 0.278. The molecule has 0 spiro atoms. The molecule has 8 heteroatoms. The van der Waals surface area contributed by atoms with Gasteiger partial charge < -0.3 is 10.5 Å². The van der Waals surface area contributed by atoms with Crippen LogP contribution < -0.4 is 10.5 Å². The highest BCUT2D eigenvalue weighted by molar-refractivity contribution is 7.89. The van der Waals surface area contributed by atoms with Gasteiger partial charge in [-0.15, -0.1) is 0 Å². The second-order valence-electron chi connectivity index (χ2n) is 6.05. The van der Waals surface area contributed by atoms with E-state index < -0.39 is 15.9 Å².